The first-order valence-electron chi connectivity index (χ1n) is 13.8. The van der Waals surface area contributed by atoms with Gasteiger partial charge in [-0.1, -0.05) is 12.1 Å². The van der Waals surface area contributed by atoms with E-state index in [4.69, 9.17) is 19.0 Å². The third-order valence-electron chi connectivity index (χ3n) is 7.45. The van der Waals surface area contributed by atoms with Crippen molar-refractivity contribution in [1.29, 1.82) is 0 Å². The molecule has 2 fully saturated rings. The predicted molar refractivity (Wildman–Crippen MR) is 164 cm³/mol. The highest BCUT2D eigenvalue weighted by molar-refractivity contribution is 6.10. The Morgan fingerprint density at radius 2 is 1.51 bits per heavy atom. The van der Waals surface area contributed by atoms with Gasteiger partial charge in [0.15, 0.2) is 5.54 Å². The molecule has 1 aliphatic heterocycles. The summed E-state index contributed by atoms with van der Waals surface area (Å²) in [5.74, 6) is 1.13. The van der Waals surface area contributed by atoms with Crippen LogP contribution in [0.3, 0.4) is 0 Å². The second-order valence-corrected chi connectivity index (χ2v) is 10.2. The summed E-state index contributed by atoms with van der Waals surface area (Å²) in [6.07, 6.45) is 2.85. The summed E-state index contributed by atoms with van der Waals surface area (Å²) in [5.41, 5.74) is 1.65. The Balaban J connectivity index is 0.000000265. The van der Waals surface area contributed by atoms with E-state index in [1.54, 1.807) is 39.5 Å². The molecule has 0 aromatic heterocycles. The standard InChI is InChI=1S/C15H20N2O4.C13H13NO3.C3H8O.ClH/c1-10-11(6-5-7-12(10)20-3)13(18)16-15(8-9-15)14(19)17(2)21-4;1-8-9(4-3-5-10(8)16-2)11-14-13(6-7-13)12(15)17-11;1-3-4-2;/h5-7H,8-9H2,1-4H3,(H,16,18);3-5H,6-7H2,1-2H3;3H2,1-2H3;1H. The third-order valence-corrected chi connectivity index (χ3v) is 7.45. The smallest absolute Gasteiger partial charge is 0.340 e. The van der Waals surface area contributed by atoms with E-state index >= 15 is 0 Å². The monoisotopic (exact) mass is 619 g/mol. The number of cyclic esters (lactones) is 1. The number of carbonyl (C=O) groups excluding carboxylic acids is 3. The van der Waals surface area contributed by atoms with E-state index in [2.05, 4.69) is 15.0 Å². The number of likely N-dealkylation sites (N-methyl/N-ethyl adjacent to an activating group) is 1. The molecule has 2 aromatic rings. The SMILES string of the molecule is CCOC.COc1cccc(C(=O)NC2(C(=O)N(C)OC)CC2)c1C.COc1cccc(C2=NC3(CC3)C(=O)O2)c1C.Cl. The van der Waals surface area contributed by atoms with Crippen molar-refractivity contribution in [2.75, 3.05) is 42.1 Å². The van der Waals surface area contributed by atoms with Crippen LogP contribution in [0, 0.1) is 13.8 Å². The van der Waals surface area contributed by atoms with Gasteiger partial charge in [0.05, 0.1) is 21.3 Å². The zero-order valence-corrected chi connectivity index (χ0v) is 26.9. The van der Waals surface area contributed by atoms with Crippen LogP contribution in [-0.4, -0.2) is 81.9 Å². The number of nitrogens with zero attached hydrogens (tertiary/aromatic N) is 2. The highest BCUT2D eigenvalue weighted by atomic mass is 35.5. The molecule has 0 atom stereocenters. The summed E-state index contributed by atoms with van der Waals surface area (Å²) in [5, 5.41) is 3.97. The molecule has 43 heavy (non-hydrogen) atoms. The summed E-state index contributed by atoms with van der Waals surface area (Å²) in [6, 6.07) is 10.9. The van der Waals surface area contributed by atoms with E-state index in [1.165, 1.54) is 14.2 Å². The lowest BCUT2D eigenvalue weighted by Gasteiger charge is -2.22. The van der Waals surface area contributed by atoms with E-state index in [-0.39, 0.29) is 30.2 Å². The first kappa shape index (κ1) is 35.5. The fourth-order valence-electron chi connectivity index (χ4n) is 4.33. The summed E-state index contributed by atoms with van der Waals surface area (Å²) in [7, 11) is 7.81. The minimum absolute atomic E-state index is 0. The van der Waals surface area contributed by atoms with Crippen molar-refractivity contribution in [3.05, 3.63) is 58.7 Å². The molecule has 1 heterocycles. The fraction of sp³-hybridized carbons (Fsp3) is 0.484. The van der Waals surface area contributed by atoms with Crippen LogP contribution in [0.25, 0.3) is 0 Å². The lowest BCUT2D eigenvalue weighted by Crippen LogP contribution is -2.49. The molecule has 1 spiro atoms. The zero-order chi connectivity index (χ0) is 31.1. The number of esters is 1. The topological polar surface area (TPSA) is 125 Å². The van der Waals surface area contributed by atoms with Gasteiger partial charge >= 0.3 is 5.97 Å². The fourth-order valence-corrected chi connectivity index (χ4v) is 4.33. The Bertz CT molecular complexity index is 1340. The minimum Gasteiger partial charge on any atom is -0.496 e. The van der Waals surface area contributed by atoms with Crippen molar-refractivity contribution in [2.24, 2.45) is 4.99 Å². The highest BCUT2D eigenvalue weighted by Crippen LogP contribution is 2.45. The van der Waals surface area contributed by atoms with Crippen LogP contribution < -0.4 is 14.8 Å². The molecule has 2 aliphatic carbocycles. The molecule has 1 N–H and O–H groups in total. The first-order chi connectivity index (χ1) is 20.0. The number of ether oxygens (including phenoxy) is 4. The molecule has 0 bridgehead atoms. The van der Waals surface area contributed by atoms with Gasteiger partial charge in [0.2, 0.25) is 5.90 Å². The van der Waals surface area contributed by atoms with Crippen molar-refractivity contribution in [3.63, 3.8) is 0 Å². The van der Waals surface area contributed by atoms with Crippen LogP contribution in [0.5, 0.6) is 11.5 Å². The van der Waals surface area contributed by atoms with Crippen molar-refractivity contribution in [3.8, 4) is 11.5 Å². The van der Waals surface area contributed by atoms with Gasteiger partial charge < -0.3 is 24.3 Å². The number of aliphatic imine (C=N–C) groups is 1. The molecule has 2 saturated carbocycles. The van der Waals surface area contributed by atoms with Gasteiger partial charge in [-0.25, -0.2) is 14.9 Å². The Morgan fingerprint density at radius 3 is 1.98 bits per heavy atom. The average molecular weight is 620 g/mol. The van der Waals surface area contributed by atoms with Gasteiger partial charge in [-0.15, -0.1) is 12.4 Å². The number of carbonyl (C=O) groups is 3. The van der Waals surface area contributed by atoms with Gasteiger partial charge in [0, 0.05) is 43.0 Å². The molecule has 3 aliphatic rings. The predicted octanol–water partition coefficient (Wildman–Crippen LogP) is 4.20. The quantitative estimate of drug-likeness (QED) is 0.344. The molecule has 5 rings (SSSR count). The van der Waals surface area contributed by atoms with Crippen molar-refractivity contribution in [2.45, 2.75) is 57.5 Å². The number of amides is 2. The van der Waals surface area contributed by atoms with Gasteiger partial charge in [-0.05, 0) is 70.7 Å². The molecular weight excluding hydrogens is 578 g/mol. The summed E-state index contributed by atoms with van der Waals surface area (Å²) in [4.78, 5) is 45.6. The van der Waals surface area contributed by atoms with Crippen LogP contribution in [0.15, 0.2) is 41.4 Å². The van der Waals surface area contributed by atoms with Gasteiger partial charge in [0.25, 0.3) is 11.8 Å². The second-order valence-electron chi connectivity index (χ2n) is 10.2. The normalized spacial score (nSPS) is 16.1. The van der Waals surface area contributed by atoms with E-state index in [9.17, 15) is 14.4 Å². The molecule has 0 saturated heterocycles. The molecule has 0 unspecified atom stereocenters. The van der Waals surface area contributed by atoms with Gasteiger partial charge in [-0.3, -0.25) is 14.4 Å². The van der Waals surface area contributed by atoms with Crippen molar-refractivity contribution in [1.82, 2.24) is 10.4 Å². The number of hydroxylamine groups is 2. The van der Waals surface area contributed by atoms with Crippen LogP contribution >= 0.6 is 12.4 Å². The summed E-state index contributed by atoms with van der Waals surface area (Å²) < 4.78 is 20.3. The van der Waals surface area contributed by atoms with E-state index in [0.29, 0.717) is 30.1 Å². The number of nitrogens with one attached hydrogen (secondary N) is 1. The van der Waals surface area contributed by atoms with Crippen LogP contribution in [0.1, 0.15) is 59.7 Å². The van der Waals surface area contributed by atoms with Crippen LogP contribution in [0.4, 0.5) is 0 Å². The number of hydrogen-bond acceptors (Lipinski definition) is 9. The maximum atomic E-state index is 12.4. The average Bonchev–Trinajstić information content (AvgIpc) is 3.92. The maximum absolute atomic E-state index is 12.4. The number of hydrogen-bond donors (Lipinski definition) is 1. The van der Waals surface area contributed by atoms with E-state index in [0.717, 1.165) is 47.0 Å². The summed E-state index contributed by atoms with van der Waals surface area (Å²) >= 11 is 0. The first-order valence-corrected chi connectivity index (χ1v) is 13.8. The lowest BCUT2D eigenvalue weighted by molar-refractivity contribution is -0.172. The molecule has 2 aromatic carbocycles. The Kier molecular flexibility index (Phi) is 12.5. The largest absolute Gasteiger partial charge is 0.496 e. The Morgan fingerprint density at radius 1 is 0.953 bits per heavy atom. The highest BCUT2D eigenvalue weighted by Gasteiger charge is 2.56. The number of benzene rings is 2. The summed E-state index contributed by atoms with van der Waals surface area (Å²) in [6.45, 7) is 6.53. The van der Waals surface area contributed by atoms with Crippen LogP contribution in [0.2, 0.25) is 0 Å². The zero-order valence-electron chi connectivity index (χ0n) is 26.1. The third kappa shape index (κ3) is 8.04. The molecular formula is C31H42ClN3O8. The molecule has 2 amide bonds. The van der Waals surface area contributed by atoms with Crippen LogP contribution in [-0.2, 0) is 23.9 Å². The molecule has 236 valence electrons. The number of rotatable bonds is 8. The number of halogens is 1. The van der Waals surface area contributed by atoms with Crippen molar-refractivity contribution >= 4 is 36.1 Å². The van der Waals surface area contributed by atoms with Gasteiger partial charge in [0.1, 0.15) is 17.0 Å². The molecule has 0 radical (unpaired) electrons. The van der Waals surface area contributed by atoms with E-state index < -0.39 is 11.1 Å². The second kappa shape index (κ2) is 15.2. The Hall–Kier alpha value is -3.67. The lowest BCUT2D eigenvalue weighted by atomic mass is 10.1. The van der Waals surface area contributed by atoms with Crippen molar-refractivity contribution < 1.29 is 38.2 Å². The minimum atomic E-state index is -0.836. The Labute approximate surface area is 259 Å². The van der Waals surface area contributed by atoms with E-state index in [1.807, 2.05) is 39.0 Å². The maximum Gasteiger partial charge on any atom is 0.340 e. The van der Waals surface area contributed by atoms with Gasteiger partial charge in [-0.2, -0.15) is 0 Å². The number of methoxy groups -OCH3 is 3. The molecule has 12 heteroatoms. The molecule has 11 nitrogen and oxygen atoms in total.